The minimum Gasteiger partial charge on any atom is -0.368 e. The highest BCUT2D eigenvalue weighted by atomic mass is 35.5. The maximum Gasteiger partial charge on any atom is 0.228 e. The van der Waals surface area contributed by atoms with Crippen molar-refractivity contribution in [3.8, 4) is 0 Å². The first-order chi connectivity index (χ1) is 13.3. The summed E-state index contributed by atoms with van der Waals surface area (Å²) in [6.07, 6.45) is 4.51. The topological polar surface area (TPSA) is 65.5 Å². The lowest BCUT2D eigenvalue weighted by Crippen LogP contribution is -2.34. The molecule has 0 aliphatic carbocycles. The molecule has 28 heavy (non-hydrogen) atoms. The van der Waals surface area contributed by atoms with E-state index in [9.17, 15) is 4.79 Å². The number of pyridine rings is 1. The van der Waals surface area contributed by atoms with Gasteiger partial charge in [-0.3, -0.25) is 9.78 Å². The second kappa shape index (κ2) is 7.20. The van der Waals surface area contributed by atoms with Crippen molar-refractivity contribution >= 4 is 29.1 Å². The van der Waals surface area contributed by atoms with E-state index in [0.717, 1.165) is 41.2 Å². The molecule has 1 fully saturated rings. The Balaban J connectivity index is 1.43. The second-order valence-electron chi connectivity index (χ2n) is 7.82. The maximum absolute atomic E-state index is 13.1. The first-order valence-electron chi connectivity index (χ1n) is 9.52. The molecule has 8 heteroatoms. The predicted molar refractivity (Wildman–Crippen MR) is 110 cm³/mol. The Morgan fingerprint density at radius 1 is 1.21 bits per heavy atom. The summed E-state index contributed by atoms with van der Waals surface area (Å²) >= 11 is 6.35. The maximum atomic E-state index is 13.1. The van der Waals surface area contributed by atoms with Crippen LogP contribution < -0.4 is 9.80 Å². The summed E-state index contributed by atoms with van der Waals surface area (Å²) in [5.74, 6) is 0.862. The smallest absolute Gasteiger partial charge is 0.228 e. The molecule has 0 N–H and O–H groups in total. The van der Waals surface area contributed by atoms with E-state index in [1.165, 1.54) is 0 Å². The van der Waals surface area contributed by atoms with Crippen LogP contribution >= 0.6 is 11.6 Å². The van der Waals surface area contributed by atoms with E-state index >= 15 is 0 Å². The molecule has 0 aromatic carbocycles. The number of carbonyl (C=O) groups excluding carboxylic acids is 1. The molecule has 1 amide bonds. The van der Waals surface area contributed by atoms with Crippen molar-refractivity contribution < 1.29 is 4.79 Å². The van der Waals surface area contributed by atoms with Crippen molar-refractivity contribution in [2.45, 2.75) is 33.4 Å². The van der Waals surface area contributed by atoms with Crippen LogP contribution in [-0.4, -0.2) is 52.9 Å². The quantitative estimate of drug-likeness (QED) is 0.789. The SMILES string of the molecule is Cc1nc2c(c(C)c1Cl)CN(C(=O)C1CCN(c3cnc(N(C)C)nc3)C1)C2. The van der Waals surface area contributed by atoms with Crippen molar-refractivity contribution in [3.63, 3.8) is 0 Å². The van der Waals surface area contributed by atoms with E-state index in [2.05, 4.69) is 19.9 Å². The van der Waals surface area contributed by atoms with Gasteiger partial charge in [-0.25, -0.2) is 9.97 Å². The first kappa shape index (κ1) is 18.9. The van der Waals surface area contributed by atoms with Crippen LogP contribution in [0.5, 0.6) is 0 Å². The van der Waals surface area contributed by atoms with E-state index in [-0.39, 0.29) is 11.8 Å². The number of rotatable bonds is 3. The Morgan fingerprint density at radius 3 is 2.61 bits per heavy atom. The molecular formula is C20H25ClN6O. The molecule has 2 aromatic rings. The zero-order chi connectivity index (χ0) is 20.0. The Bertz CT molecular complexity index is 914. The summed E-state index contributed by atoms with van der Waals surface area (Å²) in [5.41, 5.74) is 4.93. The van der Waals surface area contributed by atoms with Gasteiger partial charge in [0.1, 0.15) is 0 Å². The molecule has 148 valence electrons. The summed E-state index contributed by atoms with van der Waals surface area (Å²) in [6, 6.07) is 0. The molecule has 0 radical (unpaired) electrons. The molecule has 2 aliphatic rings. The van der Waals surface area contributed by atoms with Crippen LogP contribution in [0.4, 0.5) is 11.6 Å². The summed E-state index contributed by atoms with van der Waals surface area (Å²) in [5, 5.41) is 0.710. The first-order valence-corrected chi connectivity index (χ1v) is 9.90. The number of aromatic nitrogens is 3. The second-order valence-corrected chi connectivity index (χ2v) is 8.20. The summed E-state index contributed by atoms with van der Waals surface area (Å²) in [4.78, 5) is 32.5. The van der Waals surface area contributed by atoms with Crippen molar-refractivity contribution in [1.29, 1.82) is 0 Å². The van der Waals surface area contributed by atoms with Gasteiger partial charge in [0, 0.05) is 33.7 Å². The third kappa shape index (κ3) is 3.28. The van der Waals surface area contributed by atoms with Gasteiger partial charge in [-0.05, 0) is 31.4 Å². The molecule has 1 atom stereocenters. The molecule has 0 bridgehead atoms. The zero-order valence-corrected chi connectivity index (χ0v) is 17.5. The van der Waals surface area contributed by atoms with Crippen molar-refractivity contribution in [1.82, 2.24) is 19.9 Å². The number of halogens is 1. The van der Waals surface area contributed by atoms with E-state index < -0.39 is 0 Å². The number of hydrogen-bond donors (Lipinski definition) is 0. The van der Waals surface area contributed by atoms with Gasteiger partial charge >= 0.3 is 0 Å². The molecular weight excluding hydrogens is 376 g/mol. The van der Waals surface area contributed by atoms with Crippen LogP contribution in [-0.2, 0) is 17.9 Å². The molecule has 0 saturated carbocycles. The molecule has 2 aromatic heterocycles. The van der Waals surface area contributed by atoms with Crippen LogP contribution in [0, 0.1) is 19.8 Å². The number of aryl methyl sites for hydroxylation is 1. The van der Waals surface area contributed by atoms with Gasteiger partial charge in [0.2, 0.25) is 11.9 Å². The third-order valence-corrected chi connectivity index (χ3v) is 6.24. The van der Waals surface area contributed by atoms with Crippen molar-refractivity contribution in [3.05, 3.63) is 39.9 Å². The average Bonchev–Trinajstić information content (AvgIpc) is 3.33. The Labute approximate surface area is 170 Å². The van der Waals surface area contributed by atoms with Crippen LogP contribution in [0.25, 0.3) is 0 Å². The third-order valence-electron chi connectivity index (χ3n) is 5.68. The Kier molecular flexibility index (Phi) is 4.87. The van der Waals surface area contributed by atoms with Gasteiger partial charge in [0.25, 0.3) is 0 Å². The molecule has 4 rings (SSSR count). The van der Waals surface area contributed by atoms with Gasteiger partial charge < -0.3 is 14.7 Å². The number of nitrogens with zero attached hydrogens (tertiary/aromatic N) is 6. The Morgan fingerprint density at radius 2 is 1.93 bits per heavy atom. The lowest BCUT2D eigenvalue weighted by atomic mass is 10.1. The van der Waals surface area contributed by atoms with Gasteiger partial charge in [-0.1, -0.05) is 11.6 Å². The van der Waals surface area contributed by atoms with Gasteiger partial charge in [0.05, 0.1) is 47.0 Å². The molecule has 0 spiro atoms. The number of amides is 1. The standard InChI is InChI=1S/C20H25ClN6O/c1-12-16-10-27(11-17(16)24-13(2)18(12)21)19(28)14-5-6-26(9-14)15-7-22-20(23-8-15)25(3)4/h7-8,14H,5-6,9-11H2,1-4H3. The van der Waals surface area contributed by atoms with Gasteiger partial charge in [-0.2, -0.15) is 0 Å². The van der Waals surface area contributed by atoms with Crippen LogP contribution in [0.1, 0.15) is 28.9 Å². The Hall–Kier alpha value is -2.41. The van der Waals surface area contributed by atoms with E-state index in [0.29, 0.717) is 30.6 Å². The lowest BCUT2D eigenvalue weighted by Gasteiger charge is -2.21. The zero-order valence-electron chi connectivity index (χ0n) is 16.7. The minimum absolute atomic E-state index is 0.0142. The predicted octanol–water partition coefficient (Wildman–Crippen LogP) is 2.58. The highest BCUT2D eigenvalue weighted by Crippen LogP contribution is 2.33. The fourth-order valence-corrected chi connectivity index (χ4v) is 4.18. The largest absolute Gasteiger partial charge is 0.368 e. The number of anilines is 2. The summed E-state index contributed by atoms with van der Waals surface area (Å²) in [6.45, 7) is 6.64. The van der Waals surface area contributed by atoms with Crippen LogP contribution in [0.15, 0.2) is 12.4 Å². The van der Waals surface area contributed by atoms with Crippen molar-refractivity contribution in [2.75, 3.05) is 37.0 Å². The van der Waals surface area contributed by atoms with Crippen LogP contribution in [0.3, 0.4) is 0 Å². The fraction of sp³-hybridized carbons (Fsp3) is 0.500. The van der Waals surface area contributed by atoms with Gasteiger partial charge in [0.15, 0.2) is 0 Å². The summed E-state index contributed by atoms with van der Waals surface area (Å²) < 4.78 is 0. The number of carbonyl (C=O) groups is 1. The lowest BCUT2D eigenvalue weighted by molar-refractivity contribution is -0.135. The molecule has 1 unspecified atom stereocenters. The number of fused-ring (bicyclic) bond motifs is 1. The highest BCUT2D eigenvalue weighted by Gasteiger charge is 2.35. The number of hydrogen-bond acceptors (Lipinski definition) is 6. The average molecular weight is 401 g/mol. The fourth-order valence-electron chi connectivity index (χ4n) is 4.03. The highest BCUT2D eigenvalue weighted by molar-refractivity contribution is 6.32. The van der Waals surface area contributed by atoms with E-state index in [4.69, 9.17) is 11.6 Å². The van der Waals surface area contributed by atoms with Gasteiger partial charge in [-0.15, -0.1) is 0 Å². The monoisotopic (exact) mass is 400 g/mol. The molecule has 1 saturated heterocycles. The summed E-state index contributed by atoms with van der Waals surface area (Å²) in [7, 11) is 3.83. The molecule has 4 heterocycles. The minimum atomic E-state index is -0.0142. The molecule has 7 nitrogen and oxygen atoms in total. The molecule has 2 aliphatic heterocycles. The normalized spacial score (nSPS) is 18.5. The van der Waals surface area contributed by atoms with Crippen molar-refractivity contribution in [2.24, 2.45) is 5.92 Å². The van der Waals surface area contributed by atoms with E-state index in [1.807, 2.05) is 50.1 Å². The van der Waals surface area contributed by atoms with E-state index in [1.54, 1.807) is 0 Å². The van der Waals surface area contributed by atoms with Crippen LogP contribution in [0.2, 0.25) is 5.02 Å².